The number of piperidine rings is 1. The van der Waals surface area contributed by atoms with E-state index in [-0.39, 0.29) is 11.7 Å². The van der Waals surface area contributed by atoms with E-state index in [4.69, 9.17) is 10.7 Å². The van der Waals surface area contributed by atoms with Crippen LogP contribution in [0.25, 0.3) is 0 Å². The lowest BCUT2D eigenvalue weighted by Gasteiger charge is -2.27. The van der Waals surface area contributed by atoms with Gasteiger partial charge in [-0.05, 0) is 33.0 Å². The minimum Gasteiger partial charge on any atom is -0.306 e. The van der Waals surface area contributed by atoms with E-state index in [9.17, 15) is 13.2 Å². The summed E-state index contributed by atoms with van der Waals surface area (Å²) in [5, 5.41) is 0. The van der Waals surface area contributed by atoms with Gasteiger partial charge in [0.1, 0.15) is 5.75 Å². The van der Waals surface area contributed by atoms with Crippen molar-refractivity contribution in [1.29, 1.82) is 0 Å². The molecule has 0 amide bonds. The van der Waals surface area contributed by atoms with Gasteiger partial charge in [0.2, 0.25) is 9.05 Å². The van der Waals surface area contributed by atoms with Crippen LogP contribution in [-0.2, 0) is 13.8 Å². The van der Waals surface area contributed by atoms with Gasteiger partial charge in [0.25, 0.3) is 0 Å². The van der Waals surface area contributed by atoms with Crippen LogP contribution in [0.5, 0.6) is 0 Å². The number of rotatable bonds is 3. The Hall–Kier alpha value is -0.130. The average Bonchev–Trinajstić information content (AvgIpc) is 2.02. The topological polar surface area (TPSA) is 54.5 Å². The maximum atomic E-state index is 11.4. The van der Waals surface area contributed by atoms with Gasteiger partial charge >= 0.3 is 0 Å². The average molecular weight is 240 g/mol. The molecule has 0 aromatic heterocycles. The lowest BCUT2D eigenvalue weighted by Crippen LogP contribution is -2.35. The number of hydrogen-bond acceptors (Lipinski definition) is 4. The van der Waals surface area contributed by atoms with Crippen LogP contribution in [0.2, 0.25) is 0 Å². The number of ketones is 1. The molecular formula is C8H14ClNO3S. The summed E-state index contributed by atoms with van der Waals surface area (Å²) in [7, 11) is 3.32. The largest absolute Gasteiger partial charge is 0.306 e. The molecule has 0 unspecified atom stereocenters. The Morgan fingerprint density at radius 1 is 1.43 bits per heavy atom. The molecule has 0 bridgehead atoms. The van der Waals surface area contributed by atoms with Gasteiger partial charge in [-0.2, -0.15) is 0 Å². The number of halogens is 1. The zero-order valence-corrected chi connectivity index (χ0v) is 9.64. The molecule has 6 heteroatoms. The van der Waals surface area contributed by atoms with E-state index in [2.05, 4.69) is 4.90 Å². The number of hydrogen-bond donors (Lipinski definition) is 0. The molecule has 0 aromatic rings. The van der Waals surface area contributed by atoms with Gasteiger partial charge in [0.15, 0.2) is 5.78 Å². The van der Waals surface area contributed by atoms with E-state index >= 15 is 0 Å². The summed E-state index contributed by atoms with van der Waals surface area (Å²) < 4.78 is 21.4. The monoisotopic (exact) mass is 239 g/mol. The third kappa shape index (κ3) is 3.94. The van der Waals surface area contributed by atoms with Crippen molar-refractivity contribution in [2.24, 2.45) is 5.92 Å². The molecule has 0 radical (unpaired) electrons. The fourth-order valence-electron chi connectivity index (χ4n) is 1.62. The molecule has 82 valence electrons. The molecule has 1 aliphatic rings. The van der Waals surface area contributed by atoms with Crippen LogP contribution in [0.15, 0.2) is 0 Å². The first kappa shape index (κ1) is 11.9. The Morgan fingerprint density at radius 3 is 2.36 bits per heavy atom. The second kappa shape index (κ2) is 4.59. The highest BCUT2D eigenvalue weighted by Gasteiger charge is 2.26. The van der Waals surface area contributed by atoms with E-state index in [1.807, 2.05) is 7.05 Å². The predicted octanol–water partition coefficient (Wildman–Crippen LogP) is 0.466. The fraction of sp³-hybridized carbons (Fsp3) is 0.875. The standard InChI is InChI=1S/C8H14ClNO3S/c1-10-4-2-7(3-5-10)8(11)6-14(9,12)13/h7H,2-6H2,1H3. The molecule has 1 rings (SSSR count). The van der Waals surface area contributed by atoms with Crippen LogP contribution >= 0.6 is 10.7 Å². The Morgan fingerprint density at radius 2 is 1.93 bits per heavy atom. The Kier molecular flexibility index (Phi) is 3.92. The minimum absolute atomic E-state index is 0.125. The second-order valence-corrected chi connectivity index (χ2v) is 6.50. The number of carbonyl (C=O) groups is 1. The SMILES string of the molecule is CN1CCC(C(=O)CS(=O)(=O)Cl)CC1. The van der Waals surface area contributed by atoms with Crippen LogP contribution in [0.1, 0.15) is 12.8 Å². The summed E-state index contributed by atoms with van der Waals surface area (Å²) in [4.78, 5) is 13.6. The van der Waals surface area contributed by atoms with Crippen molar-refractivity contribution in [3.05, 3.63) is 0 Å². The van der Waals surface area contributed by atoms with Gasteiger partial charge < -0.3 is 4.90 Å². The lowest BCUT2D eigenvalue weighted by molar-refractivity contribution is -0.121. The first-order chi connectivity index (χ1) is 6.38. The molecule has 0 atom stereocenters. The number of Topliss-reactive ketones (excluding diaryl/α,β-unsaturated/α-hetero) is 1. The lowest BCUT2D eigenvalue weighted by atomic mass is 9.94. The van der Waals surface area contributed by atoms with Crippen molar-refractivity contribution < 1.29 is 13.2 Å². The first-order valence-electron chi connectivity index (χ1n) is 4.52. The van der Waals surface area contributed by atoms with Gasteiger partial charge in [-0.15, -0.1) is 0 Å². The van der Waals surface area contributed by atoms with Gasteiger partial charge in [0.05, 0.1) is 0 Å². The minimum atomic E-state index is -3.68. The third-order valence-corrected chi connectivity index (χ3v) is 3.45. The molecule has 0 aliphatic carbocycles. The molecule has 1 aliphatic heterocycles. The van der Waals surface area contributed by atoms with Crippen LogP contribution in [-0.4, -0.2) is 45.0 Å². The predicted molar refractivity (Wildman–Crippen MR) is 54.9 cm³/mol. The Labute approximate surface area is 88.6 Å². The summed E-state index contributed by atoms with van der Waals surface area (Å²) in [6.07, 6.45) is 1.48. The van der Waals surface area contributed by atoms with Crippen molar-refractivity contribution in [3.63, 3.8) is 0 Å². The van der Waals surface area contributed by atoms with Crippen LogP contribution < -0.4 is 0 Å². The number of nitrogens with zero attached hydrogens (tertiary/aromatic N) is 1. The van der Waals surface area contributed by atoms with E-state index in [0.717, 1.165) is 25.9 Å². The summed E-state index contributed by atoms with van der Waals surface area (Å²) in [6, 6.07) is 0. The number of likely N-dealkylation sites (tertiary alicyclic amines) is 1. The van der Waals surface area contributed by atoms with Gasteiger partial charge in [-0.1, -0.05) is 0 Å². The molecular weight excluding hydrogens is 226 g/mol. The molecule has 14 heavy (non-hydrogen) atoms. The van der Waals surface area contributed by atoms with Gasteiger partial charge in [-0.3, -0.25) is 4.79 Å². The van der Waals surface area contributed by atoms with E-state index in [1.165, 1.54) is 0 Å². The zero-order chi connectivity index (χ0) is 10.8. The Bertz CT molecular complexity index is 307. The van der Waals surface area contributed by atoms with Crippen molar-refractivity contribution in [2.45, 2.75) is 12.8 Å². The molecule has 0 saturated carbocycles. The van der Waals surface area contributed by atoms with Gasteiger partial charge in [0, 0.05) is 16.6 Å². The van der Waals surface area contributed by atoms with Crippen molar-refractivity contribution >= 4 is 25.5 Å². The molecule has 1 saturated heterocycles. The van der Waals surface area contributed by atoms with E-state index in [0.29, 0.717) is 0 Å². The molecule has 1 fully saturated rings. The molecule has 0 aromatic carbocycles. The molecule has 0 spiro atoms. The van der Waals surface area contributed by atoms with Crippen LogP contribution in [0.3, 0.4) is 0 Å². The normalized spacial score (nSPS) is 21.0. The van der Waals surface area contributed by atoms with E-state index < -0.39 is 14.8 Å². The quantitative estimate of drug-likeness (QED) is 0.672. The summed E-state index contributed by atoms with van der Waals surface area (Å²) in [6.45, 7) is 1.69. The zero-order valence-electron chi connectivity index (χ0n) is 8.07. The second-order valence-electron chi connectivity index (χ2n) is 3.73. The highest BCUT2D eigenvalue weighted by atomic mass is 35.7. The van der Waals surface area contributed by atoms with Gasteiger partial charge in [-0.25, -0.2) is 8.42 Å². The maximum absolute atomic E-state index is 11.4. The van der Waals surface area contributed by atoms with Crippen LogP contribution in [0, 0.1) is 5.92 Å². The fourth-order valence-corrected chi connectivity index (χ4v) is 2.52. The molecule has 0 N–H and O–H groups in total. The van der Waals surface area contributed by atoms with Crippen LogP contribution in [0.4, 0.5) is 0 Å². The van der Waals surface area contributed by atoms with Crippen molar-refractivity contribution in [2.75, 3.05) is 25.9 Å². The highest BCUT2D eigenvalue weighted by molar-refractivity contribution is 8.14. The third-order valence-electron chi connectivity index (χ3n) is 2.49. The first-order valence-corrected chi connectivity index (χ1v) is 7.00. The summed E-state index contributed by atoms with van der Waals surface area (Å²) in [5.74, 6) is -0.893. The number of carbonyl (C=O) groups excluding carboxylic acids is 1. The van der Waals surface area contributed by atoms with Crippen molar-refractivity contribution in [1.82, 2.24) is 4.90 Å². The smallest absolute Gasteiger partial charge is 0.239 e. The molecule has 1 heterocycles. The van der Waals surface area contributed by atoms with Crippen molar-refractivity contribution in [3.8, 4) is 0 Å². The summed E-state index contributed by atoms with van der Waals surface area (Å²) in [5.41, 5.74) is 0. The maximum Gasteiger partial charge on any atom is 0.239 e. The molecule has 4 nitrogen and oxygen atoms in total. The van der Waals surface area contributed by atoms with E-state index in [1.54, 1.807) is 0 Å². The Balaban J connectivity index is 2.46. The summed E-state index contributed by atoms with van der Waals surface area (Å²) >= 11 is 0. The highest BCUT2D eigenvalue weighted by Crippen LogP contribution is 2.18.